The van der Waals surface area contributed by atoms with E-state index in [0.717, 1.165) is 38.6 Å². The number of thioether (sulfide) groups is 1. The third-order valence-corrected chi connectivity index (χ3v) is 6.24. The Morgan fingerprint density at radius 2 is 1.94 bits per heavy atom. The highest BCUT2D eigenvalue weighted by molar-refractivity contribution is 7.98. The lowest BCUT2D eigenvalue weighted by Gasteiger charge is -2.11. The molecule has 6 nitrogen and oxygen atoms in total. The summed E-state index contributed by atoms with van der Waals surface area (Å²) in [7, 11) is 0. The second kappa shape index (κ2) is 10.3. The van der Waals surface area contributed by atoms with Crippen LogP contribution >= 0.6 is 11.8 Å². The predicted octanol–water partition coefficient (Wildman–Crippen LogP) is 5.33. The highest BCUT2D eigenvalue weighted by atomic mass is 32.2. The largest absolute Gasteiger partial charge is 0.491 e. The zero-order valence-electron chi connectivity index (χ0n) is 18.1. The molecule has 2 aromatic heterocycles. The molecular formula is C25H25N3O3S. The number of carbonyl (C=O) groups is 1. The Bertz CT molecular complexity index is 1200. The van der Waals surface area contributed by atoms with Gasteiger partial charge in [0.1, 0.15) is 17.0 Å². The summed E-state index contributed by atoms with van der Waals surface area (Å²) in [6.45, 7) is 4.87. The first-order valence-corrected chi connectivity index (χ1v) is 11.5. The van der Waals surface area contributed by atoms with Crippen molar-refractivity contribution in [2.75, 3.05) is 13.2 Å². The van der Waals surface area contributed by atoms with Crippen LogP contribution in [0.2, 0.25) is 0 Å². The highest BCUT2D eigenvalue weighted by Crippen LogP contribution is 2.29. The number of amides is 1. The second-order valence-electron chi connectivity index (χ2n) is 7.38. The molecule has 0 aliphatic heterocycles. The van der Waals surface area contributed by atoms with Gasteiger partial charge in [-0.05, 0) is 44.5 Å². The third-order valence-electron chi connectivity index (χ3n) is 5.14. The van der Waals surface area contributed by atoms with Crippen LogP contribution in [0.5, 0.6) is 5.75 Å². The fourth-order valence-electron chi connectivity index (χ4n) is 3.38. The van der Waals surface area contributed by atoms with Gasteiger partial charge in [-0.1, -0.05) is 35.5 Å². The van der Waals surface area contributed by atoms with Gasteiger partial charge in [0, 0.05) is 34.3 Å². The minimum Gasteiger partial charge on any atom is -0.491 e. The van der Waals surface area contributed by atoms with Gasteiger partial charge in [-0.2, -0.15) is 0 Å². The quantitative estimate of drug-likeness (QED) is 0.276. The van der Waals surface area contributed by atoms with Crippen LogP contribution in [0.4, 0.5) is 0 Å². The van der Waals surface area contributed by atoms with E-state index in [4.69, 9.17) is 9.26 Å². The van der Waals surface area contributed by atoms with E-state index in [0.29, 0.717) is 30.9 Å². The molecule has 0 atom stereocenters. The minimum absolute atomic E-state index is 0.0845. The molecule has 0 fully saturated rings. The molecule has 0 radical (unpaired) electrons. The normalized spacial score (nSPS) is 10.9. The molecule has 0 saturated heterocycles. The number of hydrogen-bond acceptors (Lipinski definition) is 6. The molecule has 0 bridgehead atoms. The van der Waals surface area contributed by atoms with E-state index in [-0.39, 0.29) is 5.91 Å². The summed E-state index contributed by atoms with van der Waals surface area (Å²) in [6, 6.07) is 17.4. The Balaban J connectivity index is 1.29. The summed E-state index contributed by atoms with van der Waals surface area (Å²) in [5, 5.41) is 8.04. The maximum atomic E-state index is 12.8. The fraction of sp³-hybridized carbons (Fsp3) is 0.240. The lowest BCUT2D eigenvalue weighted by atomic mass is 10.2. The number of para-hydroxylation sites is 1. The fourth-order valence-corrected chi connectivity index (χ4v) is 4.59. The van der Waals surface area contributed by atoms with Gasteiger partial charge in [-0.3, -0.25) is 9.78 Å². The monoisotopic (exact) mass is 447 g/mol. The van der Waals surface area contributed by atoms with Crippen molar-refractivity contribution in [2.45, 2.75) is 30.9 Å². The van der Waals surface area contributed by atoms with Gasteiger partial charge >= 0.3 is 0 Å². The Morgan fingerprint density at radius 3 is 2.78 bits per heavy atom. The Hall–Kier alpha value is -3.32. The van der Waals surface area contributed by atoms with Crippen LogP contribution in [0.25, 0.3) is 10.9 Å². The van der Waals surface area contributed by atoms with Crippen LogP contribution in [-0.2, 0) is 5.75 Å². The van der Waals surface area contributed by atoms with E-state index in [1.807, 2.05) is 68.4 Å². The van der Waals surface area contributed by atoms with Crippen LogP contribution in [0.3, 0.4) is 0 Å². The number of hydrogen-bond donors (Lipinski definition) is 1. The average Bonchev–Trinajstić information content (AvgIpc) is 3.14. The summed E-state index contributed by atoms with van der Waals surface area (Å²) in [4.78, 5) is 18.1. The first kappa shape index (κ1) is 21.9. The molecule has 164 valence electrons. The number of benzene rings is 2. The zero-order chi connectivity index (χ0) is 22.3. The third kappa shape index (κ3) is 5.11. The van der Waals surface area contributed by atoms with Crippen LogP contribution in [-0.4, -0.2) is 29.2 Å². The van der Waals surface area contributed by atoms with E-state index in [2.05, 4.69) is 15.5 Å². The van der Waals surface area contributed by atoms with Gasteiger partial charge < -0.3 is 14.6 Å². The molecule has 1 amide bonds. The van der Waals surface area contributed by atoms with Crippen molar-refractivity contribution in [1.29, 1.82) is 0 Å². The number of nitrogens with one attached hydrogen (secondary N) is 1. The standard InChI is InChI=1S/C25H25N3O3S/c1-17-21(18(2)31-28-17)16-32-23-12-4-3-10-20(23)25(29)27-14-7-15-30-22-11-5-8-19-9-6-13-26-24(19)22/h3-6,8-13H,7,14-16H2,1-2H3,(H,27,29). The number of rotatable bonds is 9. The molecule has 0 aliphatic carbocycles. The number of aryl methyl sites for hydroxylation is 2. The van der Waals surface area contributed by atoms with E-state index in [9.17, 15) is 4.79 Å². The van der Waals surface area contributed by atoms with Crippen molar-refractivity contribution < 1.29 is 14.1 Å². The maximum absolute atomic E-state index is 12.8. The van der Waals surface area contributed by atoms with Crippen molar-refractivity contribution in [3.05, 3.63) is 83.4 Å². The molecular weight excluding hydrogens is 422 g/mol. The number of fused-ring (bicyclic) bond motifs is 1. The lowest BCUT2D eigenvalue weighted by molar-refractivity contribution is 0.0948. The van der Waals surface area contributed by atoms with Crippen LogP contribution in [0, 0.1) is 13.8 Å². The summed E-state index contributed by atoms with van der Waals surface area (Å²) in [5.74, 6) is 2.20. The smallest absolute Gasteiger partial charge is 0.252 e. The summed E-state index contributed by atoms with van der Waals surface area (Å²) < 4.78 is 11.1. The first-order valence-electron chi connectivity index (χ1n) is 10.5. The number of pyridine rings is 1. The molecule has 4 rings (SSSR count). The van der Waals surface area contributed by atoms with Crippen molar-refractivity contribution in [3.8, 4) is 5.75 Å². The van der Waals surface area contributed by atoms with Crippen molar-refractivity contribution in [2.24, 2.45) is 0 Å². The van der Waals surface area contributed by atoms with Gasteiger partial charge in [-0.15, -0.1) is 11.8 Å². The molecule has 2 heterocycles. The molecule has 0 spiro atoms. The Kier molecular flexibility index (Phi) is 7.07. The van der Waals surface area contributed by atoms with Crippen LogP contribution in [0.15, 0.2) is 70.2 Å². The molecule has 32 heavy (non-hydrogen) atoms. The molecule has 0 saturated carbocycles. The van der Waals surface area contributed by atoms with Gasteiger partial charge in [0.15, 0.2) is 0 Å². The van der Waals surface area contributed by atoms with Crippen molar-refractivity contribution >= 4 is 28.6 Å². The van der Waals surface area contributed by atoms with Gasteiger partial charge in [0.05, 0.1) is 17.9 Å². The lowest BCUT2D eigenvalue weighted by Crippen LogP contribution is -2.26. The van der Waals surface area contributed by atoms with Crippen molar-refractivity contribution in [1.82, 2.24) is 15.5 Å². The van der Waals surface area contributed by atoms with E-state index < -0.39 is 0 Å². The summed E-state index contributed by atoms with van der Waals surface area (Å²) >= 11 is 1.61. The zero-order valence-corrected chi connectivity index (χ0v) is 18.9. The topological polar surface area (TPSA) is 77.2 Å². The van der Waals surface area contributed by atoms with Crippen LogP contribution < -0.4 is 10.1 Å². The van der Waals surface area contributed by atoms with Crippen LogP contribution in [0.1, 0.15) is 33.8 Å². The highest BCUT2D eigenvalue weighted by Gasteiger charge is 2.14. The molecule has 4 aromatic rings. The van der Waals surface area contributed by atoms with Gasteiger partial charge in [0.2, 0.25) is 0 Å². The minimum atomic E-state index is -0.0845. The Morgan fingerprint density at radius 1 is 1.09 bits per heavy atom. The molecule has 2 aromatic carbocycles. The average molecular weight is 448 g/mol. The predicted molar refractivity (Wildman–Crippen MR) is 126 cm³/mol. The summed E-state index contributed by atoms with van der Waals surface area (Å²) in [5.41, 5.74) is 3.48. The molecule has 7 heteroatoms. The van der Waals surface area contributed by atoms with E-state index >= 15 is 0 Å². The summed E-state index contributed by atoms with van der Waals surface area (Å²) in [6.07, 6.45) is 2.46. The number of aromatic nitrogens is 2. The number of ether oxygens (including phenoxy) is 1. The number of carbonyl (C=O) groups excluding carboxylic acids is 1. The molecule has 1 N–H and O–H groups in total. The Labute approximate surface area is 191 Å². The first-order chi connectivity index (χ1) is 15.6. The number of nitrogens with zero attached hydrogens (tertiary/aromatic N) is 2. The van der Waals surface area contributed by atoms with E-state index in [1.165, 1.54) is 0 Å². The van der Waals surface area contributed by atoms with E-state index in [1.54, 1.807) is 18.0 Å². The maximum Gasteiger partial charge on any atom is 0.252 e. The molecule has 0 aliphatic rings. The van der Waals surface area contributed by atoms with Gasteiger partial charge in [-0.25, -0.2) is 0 Å². The van der Waals surface area contributed by atoms with Crippen molar-refractivity contribution in [3.63, 3.8) is 0 Å². The second-order valence-corrected chi connectivity index (χ2v) is 8.39. The SMILES string of the molecule is Cc1noc(C)c1CSc1ccccc1C(=O)NCCCOc1cccc2cccnc12. The van der Waals surface area contributed by atoms with Gasteiger partial charge in [0.25, 0.3) is 5.91 Å². The molecule has 0 unspecified atom stereocenters.